The molecular weight excluding hydrogens is 330 g/mol. The highest BCUT2D eigenvalue weighted by molar-refractivity contribution is 9.10. The molecule has 5 nitrogen and oxygen atoms in total. The van der Waals surface area contributed by atoms with Crippen molar-refractivity contribution in [1.29, 1.82) is 0 Å². The maximum absolute atomic E-state index is 4.73. The van der Waals surface area contributed by atoms with E-state index in [1.54, 1.807) is 0 Å². The Kier molecular flexibility index (Phi) is 3.20. The lowest BCUT2D eigenvalue weighted by Gasteiger charge is -2.07. The fourth-order valence-electron chi connectivity index (χ4n) is 2.74. The van der Waals surface area contributed by atoms with Crippen molar-refractivity contribution in [3.63, 3.8) is 0 Å². The second kappa shape index (κ2) is 5.20. The van der Waals surface area contributed by atoms with E-state index in [2.05, 4.69) is 43.6 Å². The largest absolute Gasteiger partial charge is 0.316 e. The van der Waals surface area contributed by atoms with Gasteiger partial charge in [-0.25, -0.2) is 0 Å². The number of hydrogen-bond acceptors (Lipinski definition) is 4. The van der Waals surface area contributed by atoms with Crippen LogP contribution in [0.1, 0.15) is 18.2 Å². The lowest BCUT2D eigenvalue weighted by Crippen LogP contribution is -2.11. The molecule has 0 saturated carbocycles. The monoisotopic (exact) mass is 343 g/mol. The molecule has 0 aliphatic carbocycles. The van der Waals surface area contributed by atoms with Crippen molar-refractivity contribution in [3.05, 3.63) is 46.7 Å². The summed E-state index contributed by atoms with van der Waals surface area (Å²) < 4.78 is 2.93. The van der Waals surface area contributed by atoms with Gasteiger partial charge in [0.1, 0.15) is 0 Å². The normalized spacial score (nSPS) is 18.4. The van der Waals surface area contributed by atoms with Gasteiger partial charge in [-0.1, -0.05) is 28.1 Å². The van der Waals surface area contributed by atoms with Crippen LogP contribution < -0.4 is 5.32 Å². The number of hydrogen-bond donors (Lipinski definition) is 1. The van der Waals surface area contributed by atoms with Gasteiger partial charge in [-0.2, -0.15) is 9.61 Å². The van der Waals surface area contributed by atoms with Gasteiger partial charge >= 0.3 is 0 Å². The van der Waals surface area contributed by atoms with Crippen molar-refractivity contribution in [2.75, 3.05) is 13.1 Å². The Morgan fingerprint density at radius 1 is 1.19 bits per heavy atom. The molecule has 0 spiro atoms. The molecule has 0 radical (unpaired) electrons. The summed E-state index contributed by atoms with van der Waals surface area (Å²) in [5, 5.41) is 16.7. The van der Waals surface area contributed by atoms with Crippen LogP contribution >= 0.6 is 15.9 Å². The van der Waals surface area contributed by atoms with Crippen LogP contribution in [0.25, 0.3) is 16.9 Å². The third-order valence-corrected chi connectivity index (χ3v) is 4.33. The highest BCUT2D eigenvalue weighted by atomic mass is 79.9. The molecule has 2 aromatic heterocycles. The topological polar surface area (TPSA) is 55.1 Å². The minimum atomic E-state index is 0.394. The lowest BCUT2D eigenvalue weighted by molar-refractivity contribution is 0.668. The number of aromatic nitrogens is 4. The van der Waals surface area contributed by atoms with E-state index in [9.17, 15) is 0 Å². The summed E-state index contributed by atoms with van der Waals surface area (Å²) in [5.41, 5.74) is 2.81. The fraction of sp³-hybridized carbons (Fsp3) is 0.267. The van der Waals surface area contributed by atoms with Crippen LogP contribution in [0.3, 0.4) is 0 Å². The average Bonchev–Trinajstić information content (AvgIpc) is 3.15. The Morgan fingerprint density at radius 2 is 2.14 bits per heavy atom. The number of halogens is 1. The minimum absolute atomic E-state index is 0.394. The SMILES string of the molecule is Brc1cccc(-c2ccc3nnc([C@H]4CCNC4)n3n2)c1. The van der Waals surface area contributed by atoms with Crippen LogP contribution in [-0.2, 0) is 0 Å². The molecule has 3 aromatic rings. The maximum Gasteiger partial charge on any atom is 0.177 e. The molecule has 21 heavy (non-hydrogen) atoms. The Morgan fingerprint density at radius 3 is 2.95 bits per heavy atom. The molecule has 1 aliphatic rings. The maximum atomic E-state index is 4.73. The smallest absolute Gasteiger partial charge is 0.177 e. The van der Waals surface area contributed by atoms with Crippen LogP contribution in [0.15, 0.2) is 40.9 Å². The lowest BCUT2D eigenvalue weighted by atomic mass is 10.1. The quantitative estimate of drug-likeness (QED) is 0.777. The Balaban J connectivity index is 1.83. The molecule has 1 aromatic carbocycles. The summed E-state index contributed by atoms with van der Waals surface area (Å²) in [5.74, 6) is 1.34. The van der Waals surface area contributed by atoms with Gasteiger partial charge in [0.05, 0.1) is 5.69 Å². The van der Waals surface area contributed by atoms with E-state index in [1.165, 1.54) is 0 Å². The standard InChI is InChI=1S/C15H14BrN5/c16-12-3-1-2-10(8-12)13-4-5-14-18-19-15(21(14)20-13)11-6-7-17-9-11/h1-5,8,11,17H,6-7,9H2/t11-/m0/s1. The second-order valence-corrected chi connectivity index (χ2v) is 6.16. The Hall–Kier alpha value is -1.79. The Labute approximate surface area is 130 Å². The Bertz CT molecular complexity index is 792. The van der Waals surface area contributed by atoms with Gasteiger partial charge in [0.15, 0.2) is 11.5 Å². The van der Waals surface area contributed by atoms with Crippen LogP contribution in [-0.4, -0.2) is 32.9 Å². The first kappa shape index (κ1) is 12.9. The summed E-state index contributed by atoms with van der Waals surface area (Å²) in [6, 6.07) is 12.1. The number of benzene rings is 1. The molecule has 6 heteroatoms. The second-order valence-electron chi connectivity index (χ2n) is 5.25. The van der Waals surface area contributed by atoms with Gasteiger partial charge in [0.25, 0.3) is 0 Å². The highest BCUT2D eigenvalue weighted by Crippen LogP contribution is 2.24. The van der Waals surface area contributed by atoms with Gasteiger partial charge in [-0.05, 0) is 37.2 Å². The molecule has 1 aliphatic heterocycles. The van der Waals surface area contributed by atoms with Crippen molar-refractivity contribution in [2.45, 2.75) is 12.3 Å². The molecule has 106 valence electrons. The van der Waals surface area contributed by atoms with E-state index in [1.807, 2.05) is 28.8 Å². The van der Waals surface area contributed by atoms with Crippen molar-refractivity contribution in [2.24, 2.45) is 0 Å². The van der Waals surface area contributed by atoms with Crippen molar-refractivity contribution >= 4 is 21.6 Å². The molecule has 0 bridgehead atoms. The van der Waals surface area contributed by atoms with Gasteiger partial charge in [-0.15, -0.1) is 10.2 Å². The molecule has 1 saturated heterocycles. The van der Waals surface area contributed by atoms with Crippen molar-refractivity contribution in [3.8, 4) is 11.3 Å². The predicted molar refractivity (Wildman–Crippen MR) is 84.1 cm³/mol. The predicted octanol–water partition coefficient (Wildman–Crippen LogP) is 2.63. The molecule has 0 amide bonds. The first-order chi connectivity index (χ1) is 10.3. The molecule has 1 N–H and O–H groups in total. The third kappa shape index (κ3) is 2.34. The third-order valence-electron chi connectivity index (χ3n) is 3.83. The van der Waals surface area contributed by atoms with Crippen LogP contribution in [0.4, 0.5) is 0 Å². The average molecular weight is 344 g/mol. The van der Waals surface area contributed by atoms with Crippen molar-refractivity contribution < 1.29 is 0 Å². The van der Waals surface area contributed by atoms with Crippen LogP contribution in [0, 0.1) is 0 Å². The summed E-state index contributed by atoms with van der Waals surface area (Å²) in [6.45, 7) is 1.98. The number of nitrogens with zero attached hydrogens (tertiary/aromatic N) is 4. The zero-order chi connectivity index (χ0) is 14.2. The van der Waals surface area contributed by atoms with Gasteiger partial charge in [0, 0.05) is 22.5 Å². The van der Waals surface area contributed by atoms with E-state index >= 15 is 0 Å². The minimum Gasteiger partial charge on any atom is -0.316 e. The summed E-state index contributed by atoms with van der Waals surface area (Å²) in [4.78, 5) is 0. The molecule has 4 rings (SSSR count). The van der Waals surface area contributed by atoms with E-state index in [0.29, 0.717) is 5.92 Å². The highest BCUT2D eigenvalue weighted by Gasteiger charge is 2.22. The molecule has 0 unspecified atom stereocenters. The molecule has 1 fully saturated rings. The fourth-order valence-corrected chi connectivity index (χ4v) is 3.14. The number of rotatable bonds is 2. The van der Waals surface area contributed by atoms with Gasteiger partial charge in [0.2, 0.25) is 0 Å². The zero-order valence-corrected chi connectivity index (χ0v) is 12.9. The first-order valence-corrected chi connectivity index (χ1v) is 7.79. The van der Waals surface area contributed by atoms with Gasteiger partial charge in [-0.3, -0.25) is 0 Å². The van der Waals surface area contributed by atoms with E-state index < -0.39 is 0 Å². The number of fused-ring (bicyclic) bond motifs is 1. The zero-order valence-electron chi connectivity index (χ0n) is 11.3. The molecule has 3 heterocycles. The van der Waals surface area contributed by atoms with Gasteiger partial charge < -0.3 is 5.32 Å². The number of nitrogens with one attached hydrogen (secondary N) is 1. The molecule has 1 atom stereocenters. The summed E-state index contributed by atoms with van der Waals surface area (Å²) in [6.07, 6.45) is 1.09. The van der Waals surface area contributed by atoms with E-state index in [-0.39, 0.29) is 0 Å². The molecular formula is C15H14BrN5. The summed E-state index contributed by atoms with van der Waals surface area (Å²) >= 11 is 3.50. The first-order valence-electron chi connectivity index (χ1n) is 7.00. The summed E-state index contributed by atoms with van der Waals surface area (Å²) in [7, 11) is 0. The van der Waals surface area contributed by atoms with Crippen LogP contribution in [0.2, 0.25) is 0 Å². The van der Waals surface area contributed by atoms with Crippen molar-refractivity contribution in [1.82, 2.24) is 25.1 Å². The van der Waals surface area contributed by atoms with E-state index in [0.717, 1.165) is 46.7 Å². The van der Waals surface area contributed by atoms with E-state index in [4.69, 9.17) is 5.10 Å². The van der Waals surface area contributed by atoms with Crippen LogP contribution in [0.5, 0.6) is 0 Å².